The van der Waals surface area contributed by atoms with Gasteiger partial charge in [-0.15, -0.1) is 11.5 Å². The Hall–Kier alpha value is -0.853. The Bertz CT molecular complexity index is 328. The van der Waals surface area contributed by atoms with Gasteiger partial charge in [-0.2, -0.15) is 0 Å². The number of aliphatic hydroxyl groups is 1. The Morgan fingerprint density at radius 2 is 2.13 bits per heavy atom. The monoisotopic (exact) mass is 222 g/mol. The molecule has 1 aliphatic rings. The summed E-state index contributed by atoms with van der Waals surface area (Å²) in [5.74, 6) is 2.90. The second kappa shape index (κ2) is 4.78. The molecule has 0 aliphatic heterocycles. The van der Waals surface area contributed by atoms with Gasteiger partial charge in [0.2, 0.25) is 0 Å². The molecule has 2 unspecified atom stereocenters. The molecule has 0 aromatic rings. The Balaban J connectivity index is 2.38. The standard InChI is InChI=1S/C12H18O2Si/c1-15(2,3)9-5-4-6-10-11(13)7-8-12(10)14/h7-8,10-11,13H,4,6H2,1-3H3. The molecule has 1 N–H and O–H groups in total. The molecule has 2 atom stereocenters. The fourth-order valence-corrected chi connectivity index (χ4v) is 2.14. The van der Waals surface area contributed by atoms with Crippen LogP contribution in [0.25, 0.3) is 0 Å². The van der Waals surface area contributed by atoms with E-state index in [0.29, 0.717) is 12.8 Å². The largest absolute Gasteiger partial charge is 0.388 e. The van der Waals surface area contributed by atoms with Gasteiger partial charge in [0.15, 0.2) is 5.78 Å². The first-order valence-corrected chi connectivity index (χ1v) is 8.80. The normalized spacial score (nSPS) is 25.2. The second-order valence-corrected chi connectivity index (χ2v) is 9.70. The molecule has 0 aromatic heterocycles. The van der Waals surface area contributed by atoms with Crippen LogP contribution in [0.2, 0.25) is 19.6 Å². The molecular formula is C12H18O2Si. The summed E-state index contributed by atoms with van der Waals surface area (Å²) in [5, 5.41) is 9.47. The van der Waals surface area contributed by atoms with E-state index in [1.54, 1.807) is 6.08 Å². The van der Waals surface area contributed by atoms with Crippen LogP contribution in [0.1, 0.15) is 12.8 Å². The van der Waals surface area contributed by atoms with Crippen LogP contribution < -0.4 is 0 Å². The summed E-state index contributed by atoms with van der Waals surface area (Å²) in [6.07, 6.45) is 3.83. The lowest BCUT2D eigenvalue weighted by atomic mass is 9.98. The van der Waals surface area contributed by atoms with Gasteiger partial charge in [0.25, 0.3) is 0 Å². The maximum absolute atomic E-state index is 11.3. The first-order valence-electron chi connectivity index (χ1n) is 5.30. The van der Waals surface area contributed by atoms with E-state index < -0.39 is 14.2 Å². The maximum Gasteiger partial charge on any atom is 0.161 e. The molecule has 0 spiro atoms. The van der Waals surface area contributed by atoms with Crippen molar-refractivity contribution in [1.82, 2.24) is 0 Å². The lowest BCUT2D eigenvalue weighted by molar-refractivity contribution is -0.119. The van der Waals surface area contributed by atoms with Gasteiger partial charge >= 0.3 is 0 Å². The molecular weight excluding hydrogens is 204 g/mol. The van der Waals surface area contributed by atoms with Crippen LogP contribution in [0.15, 0.2) is 12.2 Å². The van der Waals surface area contributed by atoms with Crippen molar-refractivity contribution in [3.05, 3.63) is 12.2 Å². The van der Waals surface area contributed by atoms with Crippen LogP contribution in [-0.2, 0) is 4.79 Å². The minimum Gasteiger partial charge on any atom is -0.388 e. The van der Waals surface area contributed by atoms with Crippen molar-refractivity contribution in [1.29, 1.82) is 0 Å². The lowest BCUT2D eigenvalue weighted by Gasteiger charge is -2.10. The Morgan fingerprint density at radius 3 is 2.60 bits per heavy atom. The van der Waals surface area contributed by atoms with Crippen molar-refractivity contribution in [3.8, 4) is 11.5 Å². The van der Waals surface area contributed by atoms with E-state index in [9.17, 15) is 9.90 Å². The molecule has 1 aliphatic carbocycles. The summed E-state index contributed by atoms with van der Waals surface area (Å²) in [5.41, 5.74) is 3.25. The zero-order valence-electron chi connectivity index (χ0n) is 9.58. The third kappa shape index (κ3) is 4.02. The summed E-state index contributed by atoms with van der Waals surface area (Å²) in [6, 6.07) is 0. The highest BCUT2D eigenvalue weighted by atomic mass is 28.3. The molecule has 0 bridgehead atoms. The Kier molecular flexibility index (Phi) is 3.89. The van der Waals surface area contributed by atoms with E-state index >= 15 is 0 Å². The third-order valence-electron chi connectivity index (χ3n) is 2.28. The molecule has 0 saturated heterocycles. The summed E-state index contributed by atoms with van der Waals surface area (Å²) in [6.45, 7) is 6.57. The van der Waals surface area contributed by atoms with Crippen LogP contribution in [0, 0.1) is 17.4 Å². The molecule has 0 fully saturated rings. The predicted molar refractivity (Wildman–Crippen MR) is 64.0 cm³/mol. The van der Waals surface area contributed by atoms with Gasteiger partial charge < -0.3 is 5.11 Å². The molecule has 0 saturated carbocycles. The lowest BCUT2D eigenvalue weighted by Crippen LogP contribution is -2.20. The predicted octanol–water partition coefficient (Wildman–Crippen LogP) is 1.76. The third-order valence-corrected chi connectivity index (χ3v) is 3.21. The van der Waals surface area contributed by atoms with E-state index in [1.807, 2.05) is 0 Å². The number of carbonyl (C=O) groups is 1. The minimum absolute atomic E-state index is 0.0392. The number of rotatable bonds is 2. The SMILES string of the molecule is C[Si](C)(C)C#CCCC1C(=O)C=CC1O. The zero-order valence-corrected chi connectivity index (χ0v) is 10.6. The highest BCUT2D eigenvalue weighted by Gasteiger charge is 2.27. The van der Waals surface area contributed by atoms with Gasteiger partial charge in [-0.3, -0.25) is 4.79 Å². The number of allylic oxidation sites excluding steroid dienone is 1. The fourth-order valence-electron chi connectivity index (χ4n) is 1.49. The molecule has 0 aromatic carbocycles. The van der Waals surface area contributed by atoms with Crippen LogP contribution in [0.4, 0.5) is 0 Å². The van der Waals surface area contributed by atoms with E-state index in [0.717, 1.165) is 0 Å². The minimum atomic E-state index is -1.29. The van der Waals surface area contributed by atoms with Crippen molar-refractivity contribution in [2.75, 3.05) is 0 Å². The molecule has 2 nitrogen and oxygen atoms in total. The number of carbonyl (C=O) groups excluding carboxylic acids is 1. The van der Waals surface area contributed by atoms with E-state index in [4.69, 9.17) is 0 Å². The quantitative estimate of drug-likeness (QED) is 0.571. The van der Waals surface area contributed by atoms with Gasteiger partial charge in [0.05, 0.1) is 12.0 Å². The van der Waals surface area contributed by atoms with Crippen LogP contribution in [-0.4, -0.2) is 25.1 Å². The van der Waals surface area contributed by atoms with Crippen molar-refractivity contribution < 1.29 is 9.90 Å². The van der Waals surface area contributed by atoms with E-state index in [-0.39, 0.29) is 11.7 Å². The average Bonchev–Trinajstić information content (AvgIpc) is 2.40. The average molecular weight is 222 g/mol. The molecule has 1 rings (SSSR count). The topological polar surface area (TPSA) is 37.3 Å². The van der Waals surface area contributed by atoms with Gasteiger partial charge in [-0.25, -0.2) is 0 Å². The second-order valence-electron chi connectivity index (χ2n) is 4.95. The molecule has 0 amide bonds. The van der Waals surface area contributed by atoms with Gasteiger partial charge in [-0.1, -0.05) is 25.7 Å². The maximum atomic E-state index is 11.3. The van der Waals surface area contributed by atoms with Gasteiger partial charge in [0.1, 0.15) is 8.07 Å². The van der Waals surface area contributed by atoms with Crippen molar-refractivity contribution in [2.45, 2.75) is 38.6 Å². The number of hydrogen-bond acceptors (Lipinski definition) is 2. The number of hydrogen-bond donors (Lipinski definition) is 1. The van der Waals surface area contributed by atoms with Crippen molar-refractivity contribution in [3.63, 3.8) is 0 Å². The summed E-state index contributed by atoms with van der Waals surface area (Å²) < 4.78 is 0. The van der Waals surface area contributed by atoms with Crippen molar-refractivity contribution >= 4 is 13.9 Å². The van der Waals surface area contributed by atoms with Gasteiger partial charge in [0, 0.05) is 6.42 Å². The van der Waals surface area contributed by atoms with E-state index in [1.165, 1.54) is 6.08 Å². The van der Waals surface area contributed by atoms with Crippen molar-refractivity contribution in [2.24, 2.45) is 5.92 Å². The number of aliphatic hydroxyl groups excluding tert-OH is 1. The van der Waals surface area contributed by atoms with Gasteiger partial charge in [-0.05, 0) is 12.5 Å². The van der Waals surface area contributed by atoms with Crippen LogP contribution in [0.3, 0.4) is 0 Å². The Labute approximate surface area is 92.4 Å². The van der Waals surface area contributed by atoms with Crippen LogP contribution in [0.5, 0.6) is 0 Å². The molecule has 82 valence electrons. The fraction of sp³-hybridized carbons (Fsp3) is 0.583. The summed E-state index contributed by atoms with van der Waals surface area (Å²) >= 11 is 0. The smallest absolute Gasteiger partial charge is 0.161 e. The molecule has 15 heavy (non-hydrogen) atoms. The highest BCUT2D eigenvalue weighted by Crippen LogP contribution is 2.20. The molecule has 0 radical (unpaired) electrons. The van der Waals surface area contributed by atoms with E-state index in [2.05, 4.69) is 31.1 Å². The first-order chi connectivity index (χ1) is 6.90. The zero-order chi connectivity index (χ0) is 11.5. The number of ketones is 1. The summed E-state index contributed by atoms with van der Waals surface area (Å²) in [7, 11) is -1.29. The Morgan fingerprint density at radius 1 is 1.47 bits per heavy atom. The summed E-state index contributed by atoms with van der Waals surface area (Å²) in [4.78, 5) is 11.3. The highest BCUT2D eigenvalue weighted by molar-refractivity contribution is 6.83. The first kappa shape index (κ1) is 12.2. The molecule has 0 heterocycles. The van der Waals surface area contributed by atoms with Crippen LogP contribution >= 0.6 is 0 Å². The molecule has 3 heteroatoms.